The topological polar surface area (TPSA) is 55.9 Å². The summed E-state index contributed by atoms with van der Waals surface area (Å²) in [6.45, 7) is 9.61. The van der Waals surface area contributed by atoms with Gasteiger partial charge in [0, 0.05) is 44.3 Å². The van der Waals surface area contributed by atoms with Crippen molar-refractivity contribution in [3.05, 3.63) is 29.0 Å². The lowest BCUT2D eigenvalue weighted by molar-refractivity contribution is -0.135. The number of rotatable bonds is 5. The summed E-state index contributed by atoms with van der Waals surface area (Å²) in [7, 11) is 0. The van der Waals surface area contributed by atoms with Gasteiger partial charge in [-0.2, -0.15) is 0 Å². The zero-order valence-electron chi connectivity index (χ0n) is 17.2. The molecule has 2 heterocycles. The fourth-order valence-corrected chi connectivity index (χ4v) is 4.42. The third-order valence-corrected chi connectivity index (χ3v) is 5.85. The largest absolute Gasteiger partial charge is 0.341 e. The molecule has 0 saturated carbocycles. The molecule has 0 aliphatic carbocycles. The Morgan fingerprint density at radius 2 is 1.66 bits per heavy atom. The Morgan fingerprint density at radius 1 is 1.07 bits per heavy atom. The smallest absolute Gasteiger partial charge is 0.238 e. The molecule has 29 heavy (non-hydrogen) atoms. The van der Waals surface area contributed by atoms with E-state index >= 15 is 0 Å². The number of benzene rings is 1. The van der Waals surface area contributed by atoms with Gasteiger partial charge < -0.3 is 10.2 Å². The molecule has 1 N–H and O–H groups in total. The lowest BCUT2D eigenvalue weighted by Gasteiger charge is -2.38. The van der Waals surface area contributed by atoms with E-state index in [2.05, 4.69) is 24.1 Å². The van der Waals surface area contributed by atoms with Gasteiger partial charge in [-0.3, -0.25) is 19.4 Å². The Bertz CT molecular complexity index is 729. The average Bonchev–Trinajstić information content (AvgIpc) is 2.65. The normalized spacial score (nSPS) is 23.8. The third-order valence-electron chi connectivity index (χ3n) is 5.62. The SMILES string of the molecule is C[C@H]1C[C@H](C)CN(C(=O)CN2CCN(CC(=O)Nc3cc(Cl)ccc3F)CC2)C1. The number of hydrogen-bond donors (Lipinski definition) is 1. The fraction of sp³-hybridized carbons (Fsp3) is 0.619. The van der Waals surface area contributed by atoms with E-state index in [4.69, 9.17) is 11.6 Å². The molecule has 0 aromatic heterocycles. The minimum Gasteiger partial charge on any atom is -0.341 e. The molecule has 0 unspecified atom stereocenters. The van der Waals surface area contributed by atoms with Crippen LogP contribution in [0.5, 0.6) is 0 Å². The molecule has 8 heteroatoms. The first-order chi connectivity index (χ1) is 13.8. The van der Waals surface area contributed by atoms with Crippen molar-refractivity contribution in [2.75, 3.05) is 57.7 Å². The second-order valence-corrected chi connectivity index (χ2v) is 8.91. The first-order valence-electron chi connectivity index (χ1n) is 10.3. The number of likely N-dealkylation sites (tertiary alicyclic amines) is 1. The third kappa shape index (κ3) is 6.39. The molecular weight excluding hydrogens is 395 g/mol. The van der Waals surface area contributed by atoms with Crippen molar-refractivity contribution in [3.8, 4) is 0 Å². The zero-order valence-corrected chi connectivity index (χ0v) is 17.9. The van der Waals surface area contributed by atoms with Gasteiger partial charge in [-0.15, -0.1) is 0 Å². The number of nitrogens with one attached hydrogen (secondary N) is 1. The molecule has 0 bridgehead atoms. The molecular formula is C21H30ClFN4O2. The monoisotopic (exact) mass is 424 g/mol. The Morgan fingerprint density at radius 3 is 2.28 bits per heavy atom. The molecule has 1 aromatic carbocycles. The first-order valence-corrected chi connectivity index (χ1v) is 10.7. The van der Waals surface area contributed by atoms with Crippen molar-refractivity contribution in [2.45, 2.75) is 20.3 Å². The zero-order chi connectivity index (χ0) is 21.0. The van der Waals surface area contributed by atoms with Crippen LogP contribution in [0.25, 0.3) is 0 Å². The molecule has 2 atom stereocenters. The number of halogens is 2. The molecule has 160 valence electrons. The summed E-state index contributed by atoms with van der Waals surface area (Å²) in [4.78, 5) is 31.0. The highest BCUT2D eigenvalue weighted by molar-refractivity contribution is 6.30. The summed E-state index contributed by atoms with van der Waals surface area (Å²) >= 11 is 5.86. The lowest BCUT2D eigenvalue weighted by atomic mass is 9.92. The number of piperidine rings is 1. The van der Waals surface area contributed by atoms with Gasteiger partial charge in [-0.05, 0) is 36.5 Å². The maximum Gasteiger partial charge on any atom is 0.238 e. The molecule has 0 radical (unpaired) electrons. The molecule has 2 saturated heterocycles. The van der Waals surface area contributed by atoms with Crippen LogP contribution in [0.4, 0.5) is 10.1 Å². The lowest BCUT2D eigenvalue weighted by Crippen LogP contribution is -2.52. The molecule has 2 aliphatic rings. The summed E-state index contributed by atoms with van der Waals surface area (Å²) in [5.41, 5.74) is 0.0942. The summed E-state index contributed by atoms with van der Waals surface area (Å²) in [6.07, 6.45) is 1.18. The van der Waals surface area contributed by atoms with Gasteiger partial charge in [-0.25, -0.2) is 4.39 Å². The van der Waals surface area contributed by atoms with Crippen LogP contribution in [0.3, 0.4) is 0 Å². The van der Waals surface area contributed by atoms with Crippen LogP contribution in [0.2, 0.25) is 5.02 Å². The molecule has 3 rings (SSSR count). The van der Waals surface area contributed by atoms with Gasteiger partial charge >= 0.3 is 0 Å². The number of hydrogen-bond acceptors (Lipinski definition) is 4. The number of carbonyl (C=O) groups is 2. The number of piperazine rings is 1. The van der Waals surface area contributed by atoms with E-state index in [-0.39, 0.29) is 24.0 Å². The molecule has 2 aliphatic heterocycles. The van der Waals surface area contributed by atoms with E-state index < -0.39 is 5.82 Å². The van der Waals surface area contributed by atoms with Crippen molar-refractivity contribution in [2.24, 2.45) is 11.8 Å². The Balaban J connectivity index is 1.41. The van der Waals surface area contributed by atoms with Gasteiger partial charge in [0.2, 0.25) is 11.8 Å². The highest BCUT2D eigenvalue weighted by Crippen LogP contribution is 2.21. The highest BCUT2D eigenvalue weighted by atomic mass is 35.5. The van der Waals surface area contributed by atoms with Crippen LogP contribution in [0, 0.1) is 17.7 Å². The van der Waals surface area contributed by atoms with E-state index in [0.717, 1.165) is 26.2 Å². The van der Waals surface area contributed by atoms with Gasteiger partial charge in [-0.1, -0.05) is 25.4 Å². The summed E-state index contributed by atoms with van der Waals surface area (Å²) in [6, 6.07) is 4.08. The van der Waals surface area contributed by atoms with Crippen molar-refractivity contribution in [1.29, 1.82) is 0 Å². The molecule has 6 nitrogen and oxygen atoms in total. The van der Waals surface area contributed by atoms with E-state index in [1.807, 2.05) is 9.80 Å². The van der Waals surface area contributed by atoms with Crippen LogP contribution < -0.4 is 5.32 Å². The van der Waals surface area contributed by atoms with Crippen molar-refractivity contribution in [3.63, 3.8) is 0 Å². The van der Waals surface area contributed by atoms with Crippen LogP contribution >= 0.6 is 11.6 Å². The second kappa shape index (κ2) is 9.87. The predicted octanol–water partition coefficient (Wildman–Crippen LogP) is 2.54. The summed E-state index contributed by atoms with van der Waals surface area (Å²) in [5, 5.41) is 2.95. The quantitative estimate of drug-likeness (QED) is 0.789. The van der Waals surface area contributed by atoms with Crippen LogP contribution in [0.15, 0.2) is 18.2 Å². The maximum atomic E-state index is 13.8. The average molecular weight is 425 g/mol. The van der Waals surface area contributed by atoms with Crippen molar-refractivity contribution >= 4 is 29.1 Å². The molecule has 1 aromatic rings. The minimum atomic E-state index is -0.507. The standard InChI is InChI=1S/C21H30ClFN4O2/c1-15-9-16(2)12-27(11-15)21(29)14-26-7-5-25(6-8-26)13-20(28)24-19-10-17(22)3-4-18(19)23/h3-4,10,15-16H,5-9,11-14H2,1-2H3,(H,24,28)/t15-,16-/m0/s1. The molecule has 2 amide bonds. The minimum absolute atomic E-state index is 0.0942. The fourth-order valence-electron chi connectivity index (χ4n) is 4.25. The maximum absolute atomic E-state index is 13.8. The molecule has 2 fully saturated rings. The number of carbonyl (C=O) groups excluding carboxylic acids is 2. The van der Waals surface area contributed by atoms with E-state index in [0.29, 0.717) is 36.5 Å². The summed E-state index contributed by atoms with van der Waals surface area (Å²) < 4.78 is 13.8. The van der Waals surface area contributed by atoms with Crippen molar-refractivity contribution in [1.82, 2.24) is 14.7 Å². The van der Waals surface area contributed by atoms with Gasteiger partial charge in [0.15, 0.2) is 0 Å². The van der Waals surface area contributed by atoms with Crippen molar-refractivity contribution < 1.29 is 14.0 Å². The Kier molecular flexibility index (Phi) is 7.49. The molecule has 0 spiro atoms. The summed E-state index contributed by atoms with van der Waals surface area (Å²) in [5.74, 6) is 0.537. The van der Waals surface area contributed by atoms with Gasteiger partial charge in [0.1, 0.15) is 5.82 Å². The number of anilines is 1. The Labute approximate surface area is 177 Å². The van der Waals surface area contributed by atoms with Crippen LogP contribution in [-0.2, 0) is 9.59 Å². The van der Waals surface area contributed by atoms with Crippen LogP contribution in [0.1, 0.15) is 20.3 Å². The predicted molar refractivity (Wildman–Crippen MR) is 112 cm³/mol. The van der Waals surface area contributed by atoms with Gasteiger partial charge in [0.05, 0.1) is 18.8 Å². The van der Waals surface area contributed by atoms with E-state index in [1.165, 1.54) is 24.6 Å². The van der Waals surface area contributed by atoms with Crippen LogP contribution in [-0.4, -0.2) is 78.9 Å². The van der Waals surface area contributed by atoms with Gasteiger partial charge in [0.25, 0.3) is 0 Å². The van der Waals surface area contributed by atoms with E-state index in [9.17, 15) is 14.0 Å². The van der Waals surface area contributed by atoms with E-state index in [1.54, 1.807) is 0 Å². The highest BCUT2D eigenvalue weighted by Gasteiger charge is 2.27. The second-order valence-electron chi connectivity index (χ2n) is 8.47. The number of nitrogens with zero attached hydrogens (tertiary/aromatic N) is 3. The Hall–Kier alpha value is -1.70. The number of amides is 2. The first kappa shape index (κ1) is 22.0.